The number of hydrogen-bond acceptors (Lipinski definition) is 4. The van der Waals surface area contributed by atoms with Gasteiger partial charge < -0.3 is 9.64 Å². The molecule has 28 heavy (non-hydrogen) atoms. The van der Waals surface area contributed by atoms with Crippen molar-refractivity contribution in [2.45, 2.75) is 58.0 Å². The van der Waals surface area contributed by atoms with E-state index >= 15 is 0 Å². The van der Waals surface area contributed by atoms with E-state index < -0.39 is 5.97 Å². The van der Waals surface area contributed by atoms with Gasteiger partial charge in [0.2, 0.25) is 5.91 Å². The number of benzene rings is 1. The van der Waals surface area contributed by atoms with Crippen LogP contribution in [0.3, 0.4) is 0 Å². The first-order chi connectivity index (χ1) is 13.4. The summed E-state index contributed by atoms with van der Waals surface area (Å²) in [6, 6.07) is 3.58. The molecule has 152 valence electrons. The lowest BCUT2D eigenvalue weighted by Gasteiger charge is -2.40. The monoisotopic (exact) mass is 388 g/mol. The first-order valence-electron chi connectivity index (χ1n) is 10.3. The van der Waals surface area contributed by atoms with Crippen LogP contribution < -0.4 is 0 Å². The van der Waals surface area contributed by atoms with Gasteiger partial charge in [0.05, 0.1) is 12.7 Å². The first kappa shape index (κ1) is 19.4. The molecule has 0 bridgehead atoms. The molecule has 2 heterocycles. The second kappa shape index (κ2) is 7.47. The third-order valence-electron chi connectivity index (χ3n) is 7.20. The number of methoxy groups -OCH3 is 1. The van der Waals surface area contributed by atoms with Gasteiger partial charge in [-0.1, -0.05) is 0 Å². The van der Waals surface area contributed by atoms with E-state index in [1.54, 1.807) is 13.0 Å². The van der Waals surface area contributed by atoms with Crippen molar-refractivity contribution < 1.29 is 18.7 Å². The second-order valence-corrected chi connectivity index (χ2v) is 8.71. The summed E-state index contributed by atoms with van der Waals surface area (Å²) in [7, 11) is 1.32. The van der Waals surface area contributed by atoms with Gasteiger partial charge in [-0.2, -0.15) is 0 Å². The Balaban J connectivity index is 1.43. The number of halogens is 1. The Bertz CT molecular complexity index is 786. The Morgan fingerprint density at radius 2 is 1.93 bits per heavy atom. The van der Waals surface area contributed by atoms with E-state index in [-0.39, 0.29) is 11.7 Å². The molecule has 1 amide bonds. The summed E-state index contributed by atoms with van der Waals surface area (Å²) in [5, 5.41) is 0. The lowest BCUT2D eigenvalue weighted by Crippen LogP contribution is -2.43. The predicted octanol–water partition coefficient (Wildman–Crippen LogP) is 3.15. The van der Waals surface area contributed by atoms with Crippen LogP contribution in [0.5, 0.6) is 0 Å². The summed E-state index contributed by atoms with van der Waals surface area (Å²) in [6.45, 7) is 4.91. The smallest absolute Gasteiger partial charge is 0.337 e. The zero-order valence-electron chi connectivity index (χ0n) is 16.8. The van der Waals surface area contributed by atoms with Gasteiger partial charge >= 0.3 is 5.97 Å². The van der Waals surface area contributed by atoms with Crippen LogP contribution >= 0.6 is 0 Å². The van der Waals surface area contributed by atoms with Crippen molar-refractivity contribution in [1.82, 2.24) is 9.80 Å². The highest BCUT2D eigenvalue weighted by Crippen LogP contribution is 2.48. The third-order valence-corrected chi connectivity index (χ3v) is 7.20. The number of likely N-dealkylation sites (tertiary alicyclic amines) is 1. The van der Waals surface area contributed by atoms with Crippen LogP contribution in [0.25, 0.3) is 0 Å². The van der Waals surface area contributed by atoms with Gasteiger partial charge in [-0.3, -0.25) is 9.69 Å². The summed E-state index contributed by atoms with van der Waals surface area (Å²) in [4.78, 5) is 27.7. The van der Waals surface area contributed by atoms with E-state index in [1.165, 1.54) is 19.6 Å². The minimum atomic E-state index is -0.487. The van der Waals surface area contributed by atoms with Gasteiger partial charge in [0.15, 0.2) is 0 Å². The Kier molecular flexibility index (Phi) is 5.17. The van der Waals surface area contributed by atoms with Gasteiger partial charge in [0.1, 0.15) is 5.82 Å². The molecular weight excluding hydrogens is 359 g/mol. The molecule has 1 saturated carbocycles. The Morgan fingerprint density at radius 1 is 1.18 bits per heavy atom. The van der Waals surface area contributed by atoms with Crippen molar-refractivity contribution in [3.63, 3.8) is 0 Å². The molecule has 0 radical (unpaired) electrons. The molecule has 1 atom stereocenters. The van der Waals surface area contributed by atoms with E-state index in [1.807, 2.05) is 4.90 Å². The van der Waals surface area contributed by atoms with Crippen LogP contribution in [0.15, 0.2) is 12.1 Å². The second-order valence-electron chi connectivity index (χ2n) is 8.71. The largest absolute Gasteiger partial charge is 0.465 e. The molecule has 6 heteroatoms. The van der Waals surface area contributed by atoms with Gasteiger partial charge in [0.25, 0.3) is 0 Å². The number of esters is 1. The van der Waals surface area contributed by atoms with Gasteiger partial charge in [-0.05, 0) is 61.6 Å². The Morgan fingerprint density at radius 3 is 2.61 bits per heavy atom. The topological polar surface area (TPSA) is 49.9 Å². The van der Waals surface area contributed by atoms with E-state index in [0.717, 1.165) is 62.9 Å². The predicted molar refractivity (Wildman–Crippen MR) is 103 cm³/mol. The summed E-state index contributed by atoms with van der Waals surface area (Å²) in [5.74, 6) is -0.609. The van der Waals surface area contributed by atoms with E-state index in [2.05, 4.69) is 4.90 Å². The maximum Gasteiger partial charge on any atom is 0.337 e. The number of ether oxygens (including phenoxy) is 1. The quantitative estimate of drug-likeness (QED) is 0.731. The Labute approximate surface area is 165 Å². The lowest BCUT2D eigenvalue weighted by molar-refractivity contribution is -0.131. The molecule has 1 spiro atoms. The summed E-state index contributed by atoms with van der Waals surface area (Å²) >= 11 is 0. The normalized spacial score (nSPS) is 24.2. The zero-order chi connectivity index (χ0) is 19.9. The molecule has 1 saturated heterocycles. The minimum absolute atomic E-state index is 0.179. The van der Waals surface area contributed by atoms with E-state index in [4.69, 9.17) is 4.74 Å². The van der Waals surface area contributed by atoms with Crippen molar-refractivity contribution >= 4 is 11.9 Å². The fraction of sp³-hybridized carbons (Fsp3) is 0.636. The Hall–Kier alpha value is -1.95. The van der Waals surface area contributed by atoms with Gasteiger partial charge in [0, 0.05) is 44.7 Å². The number of fused-ring (bicyclic) bond motifs is 1. The number of amides is 1. The fourth-order valence-corrected chi connectivity index (χ4v) is 5.43. The zero-order valence-corrected chi connectivity index (χ0v) is 16.8. The summed E-state index contributed by atoms with van der Waals surface area (Å²) in [6.07, 6.45) is 6.44. The van der Waals surface area contributed by atoms with Crippen LogP contribution in [0, 0.1) is 11.2 Å². The lowest BCUT2D eigenvalue weighted by atomic mass is 9.76. The number of nitrogens with zero attached hydrogens (tertiary/aromatic N) is 2. The number of hydrogen-bond donors (Lipinski definition) is 0. The molecular formula is C22H29FN2O3. The molecule has 1 unspecified atom stereocenters. The molecule has 4 rings (SSSR count). The van der Waals surface area contributed by atoms with Crippen molar-refractivity contribution in [3.8, 4) is 0 Å². The third kappa shape index (κ3) is 3.54. The average molecular weight is 388 g/mol. The minimum Gasteiger partial charge on any atom is -0.465 e. The first-order valence-corrected chi connectivity index (χ1v) is 10.3. The molecule has 1 aromatic rings. The van der Waals surface area contributed by atoms with Gasteiger partial charge in [-0.25, -0.2) is 9.18 Å². The highest BCUT2D eigenvalue weighted by Gasteiger charge is 2.43. The highest BCUT2D eigenvalue weighted by atomic mass is 19.1. The van der Waals surface area contributed by atoms with E-state index in [9.17, 15) is 14.0 Å². The molecule has 1 aliphatic carbocycles. The maximum atomic E-state index is 14.7. The maximum absolute atomic E-state index is 14.7. The van der Waals surface area contributed by atoms with Crippen molar-refractivity contribution in [2.24, 2.45) is 5.41 Å². The SMILES string of the molecule is COC(=O)c1cc(F)c2c(c1)CCN(C1CCC3(CCN(C(C)=O)CC3)C1)C2. The molecule has 0 N–H and O–H groups in total. The highest BCUT2D eigenvalue weighted by molar-refractivity contribution is 5.89. The number of carbonyl (C=O) groups is 2. The summed E-state index contributed by atoms with van der Waals surface area (Å²) in [5.41, 5.74) is 2.30. The number of piperidine rings is 1. The van der Waals surface area contributed by atoms with Crippen molar-refractivity contribution in [2.75, 3.05) is 26.7 Å². The van der Waals surface area contributed by atoms with Crippen molar-refractivity contribution in [1.29, 1.82) is 0 Å². The molecule has 1 aromatic carbocycles. The van der Waals surface area contributed by atoms with Crippen LogP contribution in [0.4, 0.5) is 4.39 Å². The number of rotatable bonds is 2. The summed E-state index contributed by atoms with van der Waals surface area (Å²) < 4.78 is 19.4. The van der Waals surface area contributed by atoms with Crippen LogP contribution in [0.1, 0.15) is 60.5 Å². The van der Waals surface area contributed by atoms with Crippen LogP contribution in [-0.2, 0) is 22.5 Å². The standard InChI is InChI=1S/C22H29FN2O3/c1-15(26)24-9-6-22(7-10-24)5-3-18(13-22)25-8-4-16-11-17(21(27)28-2)12-20(23)19(16)14-25/h11-12,18H,3-10,13-14H2,1-2H3. The average Bonchev–Trinajstić information content (AvgIpc) is 3.11. The molecule has 3 aliphatic rings. The molecule has 2 fully saturated rings. The number of carbonyl (C=O) groups excluding carboxylic acids is 2. The van der Waals surface area contributed by atoms with Gasteiger partial charge in [-0.15, -0.1) is 0 Å². The van der Waals surface area contributed by atoms with Crippen molar-refractivity contribution in [3.05, 3.63) is 34.6 Å². The van der Waals surface area contributed by atoms with Crippen LogP contribution in [-0.4, -0.2) is 54.5 Å². The van der Waals surface area contributed by atoms with Crippen LogP contribution in [0.2, 0.25) is 0 Å². The molecule has 5 nitrogen and oxygen atoms in total. The molecule has 0 aromatic heterocycles. The fourth-order valence-electron chi connectivity index (χ4n) is 5.43. The molecule has 2 aliphatic heterocycles. The van der Waals surface area contributed by atoms with E-state index in [0.29, 0.717) is 23.6 Å².